The summed E-state index contributed by atoms with van der Waals surface area (Å²) in [7, 11) is -3.85. The lowest BCUT2D eigenvalue weighted by Gasteiger charge is -2.21. The summed E-state index contributed by atoms with van der Waals surface area (Å²) in [4.78, 5) is 19.1. The average Bonchev–Trinajstić information content (AvgIpc) is 2.16. The second kappa shape index (κ2) is 4.58. The van der Waals surface area contributed by atoms with Crippen molar-refractivity contribution in [3.63, 3.8) is 0 Å². The van der Waals surface area contributed by atoms with Crippen LogP contribution in [0.15, 0.2) is 0 Å². The molecule has 0 aromatic heterocycles. The molecule has 0 aliphatic carbocycles. The van der Waals surface area contributed by atoms with Crippen LogP contribution >= 0.6 is 0 Å². The van der Waals surface area contributed by atoms with E-state index in [9.17, 15) is 18.0 Å². The molecular weight excluding hydrogens is 226 g/mol. The molecule has 15 heavy (non-hydrogen) atoms. The first-order chi connectivity index (χ1) is 6.74. The molecule has 0 aliphatic heterocycles. The highest BCUT2D eigenvalue weighted by Gasteiger charge is 2.51. The maximum absolute atomic E-state index is 11.4. The lowest BCUT2D eigenvalue weighted by atomic mass is 10.2. The van der Waals surface area contributed by atoms with E-state index in [4.69, 9.17) is 10.8 Å². The first-order valence-electron chi connectivity index (χ1n) is 4.09. The Morgan fingerprint density at radius 2 is 1.93 bits per heavy atom. The molecule has 0 spiro atoms. The van der Waals surface area contributed by atoms with Crippen LogP contribution in [-0.4, -0.2) is 36.8 Å². The maximum Gasteiger partial charge on any atom is 0.427 e. The highest BCUT2D eigenvalue weighted by Crippen LogP contribution is 2.20. The number of carbonyl (C=O) groups excluding carboxylic acids is 1. The van der Waals surface area contributed by atoms with Crippen molar-refractivity contribution in [3.8, 4) is 0 Å². The summed E-state index contributed by atoms with van der Waals surface area (Å²) in [6.45, 7) is 1.55. The third kappa shape index (κ3) is 2.26. The Balaban J connectivity index is 5.46. The summed E-state index contributed by atoms with van der Waals surface area (Å²) in [5.41, 5.74) is 5.22. The first-order valence-corrected chi connectivity index (χ1v) is 5.57. The molecule has 0 saturated carbocycles. The minimum Gasteiger partial charge on any atom is -0.479 e. The van der Waals surface area contributed by atoms with Crippen LogP contribution in [0.4, 0.5) is 4.79 Å². The van der Waals surface area contributed by atoms with Crippen LogP contribution in [0, 0.1) is 0 Å². The van der Waals surface area contributed by atoms with Crippen LogP contribution in [-0.2, 0) is 19.4 Å². The molecule has 1 atom stereocenters. The molecule has 1 unspecified atom stereocenters. The Labute approximate surface area is 87.1 Å². The van der Waals surface area contributed by atoms with Crippen LogP contribution in [0.2, 0.25) is 0 Å². The normalized spacial score (nSPS) is 15.4. The van der Waals surface area contributed by atoms with E-state index in [1.54, 1.807) is 6.92 Å². The van der Waals surface area contributed by atoms with E-state index < -0.39 is 26.0 Å². The quantitative estimate of drug-likeness (QED) is 0.645. The number of nitrogens with two attached hydrogens (primary N) is 1. The average molecular weight is 239 g/mol. The Bertz CT molecular complexity index is 362. The van der Waals surface area contributed by atoms with Gasteiger partial charge in [-0.2, -0.15) is 0 Å². The van der Waals surface area contributed by atoms with Gasteiger partial charge in [-0.1, -0.05) is 13.3 Å². The van der Waals surface area contributed by atoms with Gasteiger partial charge < -0.3 is 15.6 Å². The largest absolute Gasteiger partial charge is 0.479 e. The van der Waals surface area contributed by atoms with E-state index in [0.29, 0.717) is 0 Å². The van der Waals surface area contributed by atoms with Crippen molar-refractivity contribution in [2.45, 2.75) is 24.6 Å². The van der Waals surface area contributed by atoms with Crippen molar-refractivity contribution in [2.24, 2.45) is 5.73 Å². The van der Waals surface area contributed by atoms with Gasteiger partial charge in [-0.3, -0.25) is 0 Å². The standard InChI is InChI=1S/C7H13NO6S/c1-3-4-7(8,5(9)10)15(12,13)6(11)14-2/h3-4,8H2,1-2H3,(H,9,10). The second-order valence-corrected chi connectivity index (χ2v) is 4.97. The van der Waals surface area contributed by atoms with Crippen LogP contribution < -0.4 is 5.73 Å². The molecule has 3 N–H and O–H groups in total. The lowest BCUT2D eigenvalue weighted by Crippen LogP contribution is -2.56. The van der Waals surface area contributed by atoms with Crippen molar-refractivity contribution in [1.82, 2.24) is 0 Å². The number of hydrogen-bond donors (Lipinski definition) is 2. The summed E-state index contributed by atoms with van der Waals surface area (Å²) in [5.74, 6) is -1.77. The molecule has 0 radical (unpaired) electrons. The van der Waals surface area contributed by atoms with Gasteiger partial charge in [-0.05, 0) is 6.42 Å². The van der Waals surface area contributed by atoms with Gasteiger partial charge in [0.1, 0.15) is 0 Å². The van der Waals surface area contributed by atoms with Crippen molar-refractivity contribution in [1.29, 1.82) is 0 Å². The van der Waals surface area contributed by atoms with E-state index >= 15 is 0 Å². The molecule has 0 amide bonds. The van der Waals surface area contributed by atoms with E-state index in [1.807, 2.05) is 0 Å². The molecule has 7 nitrogen and oxygen atoms in total. The molecule has 0 aromatic carbocycles. The molecule has 0 fully saturated rings. The number of rotatable bonds is 4. The summed E-state index contributed by atoms with van der Waals surface area (Å²) in [5, 5.41) is 7.09. The Morgan fingerprint density at radius 1 is 1.47 bits per heavy atom. The van der Waals surface area contributed by atoms with Gasteiger partial charge in [0.15, 0.2) is 0 Å². The summed E-state index contributed by atoms with van der Waals surface area (Å²) >= 11 is 0. The number of carboxylic acids is 1. The molecule has 0 aromatic rings. The Hall–Kier alpha value is -1.15. The number of carbonyl (C=O) groups is 2. The summed E-state index contributed by atoms with van der Waals surface area (Å²) in [6, 6.07) is 0. The fourth-order valence-electron chi connectivity index (χ4n) is 0.986. The van der Waals surface area contributed by atoms with Crippen molar-refractivity contribution in [3.05, 3.63) is 0 Å². The SMILES string of the molecule is CCCC(N)(C(=O)O)S(=O)(=O)C(=O)OC. The Morgan fingerprint density at radius 3 is 2.20 bits per heavy atom. The highest BCUT2D eigenvalue weighted by atomic mass is 32.2. The smallest absolute Gasteiger partial charge is 0.427 e. The molecule has 0 saturated heterocycles. The van der Waals surface area contributed by atoms with Crippen LogP contribution in [0.3, 0.4) is 0 Å². The monoisotopic (exact) mass is 239 g/mol. The molecule has 0 bridgehead atoms. The molecule has 0 aliphatic rings. The maximum atomic E-state index is 11.4. The summed E-state index contributed by atoms with van der Waals surface area (Å²) in [6.07, 6.45) is -0.154. The van der Waals surface area contributed by atoms with Crippen molar-refractivity contribution < 1.29 is 27.9 Å². The molecule has 0 rings (SSSR count). The van der Waals surface area contributed by atoms with Gasteiger partial charge in [0.25, 0.3) is 9.84 Å². The van der Waals surface area contributed by atoms with Gasteiger partial charge in [0, 0.05) is 0 Å². The number of hydrogen-bond acceptors (Lipinski definition) is 6. The number of ether oxygens (including phenoxy) is 1. The molecular formula is C7H13NO6S. The van der Waals surface area contributed by atoms with Gasteiger partial charge in [-0.15, -0.1) is 0 Å². The van der Waals surface area contributed by atoms with Crippen LogP contribution in [0.5, 0.6) is 0 Å². The predicted molar refractivity (Wildman–Crippen MR) is 50.8 cm³/mol. The number of aliphatic carboxylic acids is 1. The topological polar surface area (TPSA) is 124 Å². The predicted octanol–water partition coefficient (Wildman–Crippen LogP) is -0.293. The molecule has 88 valence electrons. The third-order valence-corrected chi connectivity index (χ3v) is 3.79. The number of methoxy groups -OCH3 is 1. The van der Waals surface area contributed by atoms with E-state index in [0.717, 1.165) is 7.11 Å². The lowest BCUT2D eigenvalue weighted by molar-refractivity contribution is -0.140. The zero-order valence-electron chi connectivity index (χ0n) is 8.39. The van der Waals surface area contributed by atoms with Crippen LogP contribution in [0.25, 0.3) is 0 Å². The van der Waals surface area contributed by atoms with Gasteiger partial charge >= 0.3 is 11.3 Å². The fraction of sp³-hybridized carbons (Fsp3) is 0.714. The van der Waals surface area contributed by atoms with Crippen LogP contribution in [0.1, 0.15) is 19.8 Å². The minimum atomic E-state index is -4.69. The Kier molecular flexibility index (Phi) is 4.23. The zero-order valence-corrected chi connectivity index (χ0v) is 9.20. The van der Waals surface area contributed by atoms with Crippen molar-refractivity contribution in [2.75, 3.05) is 7.11 Å². The van der Waals surface area contributed by atoms with E-state index in [-0.39, 0.29) is 12.8 Å². The zero-order chi connectivity index (χ0) is 12.3. The summed E-state index contributed by atoms with van der Waals surface area (Å²) < 4.78 is 26.9. The number of carboxylic acid groups (broad SMARTS) is 1. The van der Waals surface area contributed by atoms with Gasteiger partial charge in [-0.25, -0.2) is 18.0 Å². The third-order valence-electron chi connectivity index (χ3n) is 1.85. The van der Waals surface area contributed by atoms with E-state index in [1.165, 1.54) is 0 Å². The van der Waals surface area contributed by atoms with Crippen molar-refractivity contribution >= 4 is 21.1 Å². The van der Waals surface area contributed by atoms with Gasteiger partial charge in [0.2, 0.25) is 4.87 Å². The first kappa shape index (κ1) is 13.8. The fourth-order valence-corrected chi connectivity index (χ4v) is 2.21. The second-order valence-electron chi connectivity index (χ2n) is 2.90. The van der Waals surface area contributed by atoms with Gasteiger partial charge in [0.05, 0.1) is 7.11 Å². The molecule has 0 heterocycles. The van der Waals surface area contributed by atoms with E-state index in [2.05, 4.69) is 4.74 Å². The molecule has 8 heteroatoms. The number of sulfone groups is 1. The minimum absolute atomic E-state index is 0.207. The highest BCUT2D eigenvalue weighted by molar-refractivity contribution is 8.07.